The summed E-state index contributed by atoms with van der Waals surface area (Å²) in [7, 11) is 0. The summed E-state index contributed by atoms with van der Waals surface area (Å²) >= 11 is 11.2. The number of aryl methyl sites for hydroxylation is 1. The zero-order chi connectivity index (χ0) is 15.0. The van der Waals surface area contributed by atoms with E-state index in [0.29, 0.717) is 16.8 Å². The molecule has 5 nitrogen and oxygen atoms in total. The SMILES string of the molecule is Cc1cc2c(Nc3ccc(Br)cc3Cl)nc(NN)nc2s1. The molecule has 0 saturated heterocycles. The summed E-state index contributed by atoms with van der Waals surface area (Å²) in [5.74, 6) is 6.46. The summed E-state index contributed by atoms with van der Waals surface area (Å²) in [6, 6.07) is 7.65. The lowest BCUT2D eigenvalue weighted by Crippen LogP contribution is -2.11. The highest BCUT2D eigenvalue weighted by Gasteiger charge is 2.11. The molecule has 0 aliphatic rings. The number of nitrogens with one attached hydrogen (secondary N) is 2. The zero-order valence-electron chi connectivity index (χ0n) is 10.9. The number of halogens is 2. The molecule has 0 amide bonds. The number of hydrazine groups is 1. The third kappa shape index (κ3) is 2.96. The zero-order valence-corrected chi connectivity index (χ0v) is 14.1. The van der Waals surface area contributed by atoms with Crippen LogP contribution in [0.25, 0.3) is 10.2 Å². The van der Waals surface area contributed by atoms with E-state index in [2.05, 4.69) is 36.6 Å². The van der Waals surface area contributed by atoms with Crippen molar-refractivity contribution in [1.82, 2.24) is 9.97 Å². The Morgan fingerprint density at radius 3 is 2.81 bits per heavy atom. The lowest BCUT2D eigenvalue weighted by Gasteiger charge is -2.10. The van der Waals surface area contributed by atoms with E-state index in [4.69, 9.17) is 17.4 Å². The van der Waals surface area contributed by atoms with Gasteiger partial charge < -0.3 is 5.32 Å². The molecule has 0 fully saturated rings. The number of nitrogens with zero attached hydrogens (tertiary/aromatic N) is 2. The van der Waals surface area contributed by atoms with Crippen molar-refractivity contribution in [3.8, 4) is 0 Å². The molecule has 2 aromatic heterocycles. The highest BCUT2D eigenvalue weighted by molar-refractivity contribution is 9.10. The van der Waals surface area contributed by atoms with Gasteiger partial charge in [-0.25, -0.2) is 10.8 Å². The number of fused-ring (bicyclic) bond motifs is 1. The van der Waals surface area contributed by atoms with E-state index >= 15 is 0 Å². The Bertz CT molecular complexity index is 820. The molecule has 0 atom stereocenters. The molecule has 0 bridgehead atoms. The van der Waals surface area contributed by atoms with Gasteiger partial charge in [0.2, 0.25) is 5.95 Å². The molecule has 3 rings (SSSR count). The molecule has 21 heavy (non-hydrogen) atoms. The molecule has 0 aliphatic carbocycles. The van der Waals surface area contributed by atoms with Crippen LogP contribution in [0.5, 0.6) is 0 Å². The monoisotopic (exact) mass is 383 g/mol. The minimum atomic E-state index is 0.361. The van der Waals surface area contributed by atoms with Crippen LogP contribution in [0.1, 0.15) is 4.88 Å². The van der Waals surface area contributed by atoms with Gasteiger partial charge in [0.25, 0.3) is 0 Å². The number of anilines is 3. The van der Waals surface area contributed by atoms with Gasteiger partial charge in [0.1, 0.15) is 10.6 Å². The third-order valence-electron chi connectivity index (χ3n) is 2.83. The van der Waals surface area contributed by atoms with Gasteiger partial charge in [-0.1, -0.05) is 27.5 Å². The maximum atomic E-state index is 6.24. The highest BCUT2D eigenvalue weighted by Crippen LogP contribution is 2.33. The second-order valence-electron chi connectivity index (χ2n) is 4.37. The Balaban J connectivity index is 2.10. The van der Waals surface area contributed by atoms with Gasteiger partial charge in [-0.15, -0.1) is 11.3 Å². The van der Waals surface area contributed by atoms with E-state index in [-0.39, 0.29) is 0 Å². The fourth-order valence-corrected chi connectivity index (χ4v) is 3.52. The number of aromatic nitrogens is 2. The van der Waals surface area contributed by atoms with Crippen LogP contribution in [0, 0.1) is 6.92 Å². The van der Waals surface area contributed by atoms with Gasteiger partial charge in [0, 0.05) is 9.35 Å². The van der Waals surface area contributed by atoms with Gasteiger partial charge >= 0.3 is 0 Å². The fraction of sp³-hybridized carbons (Fsp3) is 0.0769. The van der Waals surface area contributed by atoms with Crippen LogP contribution in [-0.2, 0) is 0 Å². The average Bonchev–Trinajstić information content (AvgIpc) is 2.82. The van der Waals surface area contributed by atoms with E-state index < -0.39 is 0 Å². The predicted molar refractivity (Wildman–Crippen MR) is 92.4 cm³/mol. The first kappa shape index (κ1) is 14.5. The third-order valence-corrected chi connectivity index (χ3v) is 4.58. The minimum absolute atomic E-state index is 0.361. The van der Waals surface area contributed by atoms with Crippen molar-refractivity contribution in [3.63, 3.8) is 0 Å². The van der Waals surface area contributed by atoms with E-state index in [0.717, 1.165) is 25.3 Å². The van der Waals surface area contributed by atoms with E-state index in [9.17, 15) is 0 Å². The molecule has 0 radical (unpaired) electrons. The lowest BCUT2D eigenvalue weighted by atomic mass is 10.3. The summed E-state index contributed by atoms with van der Waals surface area (Å²) in [5, 5.41) is 4.78. The van der Waals surface area contributed by atoms with Crippen LogP contribution in [0.15, 0.2) is 28.7 Å². The first-order valence-corrected chi connectivity index (χ1v) is 8.02. The normalized spacial score (nSPS) is 10.9. The van der Waals surface area contributed by atoms with E-state index in [1.165, 1.54) is 0 Å². The molecule has 2 heterocycles. The first-order chi connectivity index (χ1) is 10.1. The summed E-state index contributed by atoms with van der Waals surface area (Å²) in [6.07, 6.45) is 0. The van der Waals surface area contributed by atoms with Crippen molar-refractivity contribution in [2.24, 2.45) is 5.84 Å². The quantitative estimate of drug-likeness (QED) is 0.459. The van der Waals surface area contributed by atoms with Crippen molar-refractivity contribution in [2.75, 3.05) is 10.7 Å². The van der Waals surface area contributed by atoms with Crippen LogP contribution >= 0.6 is 38.9 Å². The van der Waals surface area contributed by atoms with E-state index in [1.54, 1.807) is 11.3 Å². The number of benzene rings is 1. The molecule has 108 valence electrons. The second kappa shape index (κ2) is 5.76. The van der Waals surface area contributed by atoms with Gasteiger partial charge in [-0.2, -0.15) is 4.98 Å². The molecule has 8 heteroatoms. The van der Waals surface area contributed by atoms with Gasteiger partial charge in [-0.3, -0.25) is 5.43 Å². The van der Waals surface area contributed by atoms with E-state index in [1.807, 2.05) is 31.2 Å². The van der Waals surface area contributed by atoms with Gasteiger partial charge in [0.15, 0.2) is 0 Å². The molecular weight excluding hydrogens is 374 g/mol. The van der Waals surface area contributed by atoms with Crippen molar-refractivity contribution in [3.05, 3.63) is 38.6 Å². The van der Waals surface area contributed by atoms with Gasteiger partial charge in [0.05, 0.1) is 16.1 Å². The molecule has 0 saturated carbocycles. The molecule has 1 aromatic carbocycles. The first-order valence-electron chi connectivity index (χ1n) is 6.03. The Morgan fingerprint density at radius 1 is 1.29 bits per heavy atom. The molecule has 0 aliphatic heterocycles. The van der Waals surface area contributed by atoms with Crippen LogP contribution in [0.4, 0.5) is 17.5 Å². The maximum absolute atomic E-state index is 6.24. The Kier molecular flexibility index (Phi) is 3.99. The number of nitrogens with two attached hydrogens (primary N) is 1. The number of nitrogen functional groups attached to an aromatic ring is 1. The topological polar surface area (TPSA) is 75.9 Å². The van der Waals surface area contributed by atoms with Crippen molar-refractivity contribution in [1.29, 1.82) is 0 Å². The summed E-state index contributed by atoms with van der Waals surface area (Å²) in [5.41, 5.74) is 3.25. The predicted octanol–water partition coefficient (Wildman–Crippen LogP) is 4.44. The lowest BCUT2D eigenvalue weighted by molar-refractivity contribution is 1.16. The molecule has 4 N–H and O–H groups in total. The number of hydrogen-bond donors (Lipinski definition) is 3. The highest BCUT2D eigenvalue weighted by atomic mass is 79.9. The number of hydrogen-bond acceptors (Lipinski definition) is 6. The van der Waals surface area contributed by atoms with Crippen LogP contribution in [0.3, 0.4) is 0 Å². The summed E-state index contributed by atoms with van der Waals surface area (Å²) in [4.78, 5) is 10.7. The molecule has 0 spiro atoms. The summed E-state index contributed by atoms with van der Waals surface area (Å²) < 4.78 is 0.918. The van der Waals surface area contributed by atoms with Crippen LogP contribution < -0.4 is 16.6 Å². The molecule has 0 unspecified atom stereocenters. The van der Waals surface area contributed by atoms with Crippen molar-refractivity contribution >= 4 is 66.5 Å². The Labute approximate surface area is 138 Å². The standard InChI is InChI=1S/C13H11BrClN5S/c1-6-4-8-11(18-13(20-16)19-12(8)21-6)17-10-3-2-7(14)5-9(10)15/h2-5H,16H2,1H3,(H2,17,18,19,20). The van der Waals surface area contributed by atoms with Crippen molar-refractivity contribution in [2.45, 2.75) is 6.92 Å². The number of rotatable bonds is 3. The second-order valence-corrected chi connectivity index (χ2v) is 6.92. The van der Waals surface area contributed by atoms with Crippen LogP contribution in [-0.4, -0.2) is 9.97 Å². The molecule has 3 aromatic rings. The maximum Gasteiger partial charge on any atom is 0.240 e. The minimum Gasteiger partial charge on any atom is -0.338 e. The largest absolute Gasteiger partial charge is 0.338 e. The number of thiophene rings is 1. The Hall–Kier alpha value is -1.41. The smallest absolute Gasteiger partial charge is 0.240 e. The average molecular weight is 385 g/mol. The van der Waals surface area contributed by atoms with Crippen LogP contribution in [0.2, 0.25) is 5.02 Å². The van der Waals surface area contributed by atoms with Crippen molar-refractivity contribution < 1.29 is 0 Å². The molecular formula is C13H11BrClN5S. The summed E-state index contributed by atoms with van der Waals surface area (Å²) in [6.45, 7) is 2.03. The fourth-order valence-electron chi connectivity index (χ4n) is 1.92. The van der Waals surface area contributed by atoms with Gasteiger partial charge in [-0.05, 0) is 31.2 Å². The Morgan fingerprint density at radius 2 is 2.10 bits per heavy atom.